The topological polar surface area (TPSA) is 46.9 Å². The highest BCUT2D eigenvalue weighted by atomic mass is 32.2. The van der Waals surface area contributed by atoms with Gasteiger partial charge in [-0.1, -0.05) is 43.0 Å². The third-order valence-electron chi connectivity index (χ3n) is 4.22. The molecular formula is C20H23N3OS. The lowest BCUT2D eigenvalue weighted by molar-refractivity contribution is -0.115. The molecule has 1 N–H and O–H groups in total. The SMILES string of the molecule is CCc1ccc(NC(=O)[C@@H](C)Sc2nc3ccccc3n2CC)cc1. The van der Waals surface area contributed by atoms with E-state index < -0.39 is 0 Å². The Morgan fingerprint density at radius 1 is 1.16 bits per heavy atom. The number of amides is 1. The van der Waals surface area contributed by atoms with Gasteiger partial charge in [0, 0.05) is 12.2 Å². The van der Waals surface area contributed by atoms with E-state index in [1.54, 1.807) is 0 Å². The second kappa shape index (κ2) is 7.74. The van der Waals surface area contributed by atoms with Crippen molar-refractivity contribution >= 4 is 34.4 Å². The fourth-order valence-corrected chi connectivity index (χ4v) is 3.72. The predicted octanol–water partition coefficient (Wildman–Crippen LogP) is 4.74. The first-order valence-electron chi connectivity index (χ1n) is 8.64. The van der Waals surface area contributed by atoms with Crippen LogP contribution in [0.25, 0.3) is 11.0 Å². The molecule has 1 heterocycles. The predicted molar refractivity (Wildman–Crippen MR) is 105 cm³/mol. The molecule has 0 spiro atoms. The van der Waals surface area contributed by atoms with E-state index in [4.69, 9.17) is 0 Å². The highest BCUT2D eigenvalue weighted by Crippen LogP contribution is 2.27. The number of nitrogens with zero attached hydrogens (tertiary/aromatic N) is 2. The van der Waals surface area contributed by atoms with E-state index in [1.807, 2.05) is 49.4 Å². The highest BCUT2D eigenvalue weighted by molar-refractivity contribution is 8.00. The fraction of sp³-hybridized carbons (Fsp3) is 0.300. The molecule has 0 saturated carbocycles. The Morgan fingerprint density at radius 2 is 1.88 bits per heavy atom. The number of anilines is 1. The van der Waals surface area contributed by atoms with E-state index in [-0.39, 0.29) is 11.2 Å². The van der Waals surface area contributed by atoms with Crippen molar-refractivity contribution in [3.63, 3.8) is 0 Å². The van der Waals surface area contributed by atoms with Crippen molar-refractivity contribution < 1.29 is 4.79 Å². The summed E-state index contributed by atoms with van der Waals surface area (Å²) in [7, 11) is 0. The maximum atomic E-state index is 12.5. The lowest BCUT2D eigenvalue weighted by Crippen LogP contribution is -2.22. The number of imidazole rings is 1. The van der Waals surface area contributed by atoms with Crippen LogP contribution in [0.3, 0.4) is 0 Å². The van der Waals surface area contributed by atoms with Crippen LogP contribution in [0.15, 0.2) is 53.7 Å². The van der Waals surface area contributed by atoms with E-state index in [9.17, 15) is 4.79 Å². The quantitative estimate of drug-likeness (QED) is 0.651. The largest absolute Gasteiger partial charge is 0.325 e. The first-order chi connectivity index (χ1) is 12.1. The average Bonchev–Trinajstić information content (AvgIpc) is 2.99. The number of aromatic nitrogens is 2. The van der Waals surface area contributed by atoms with E-state index in [1.165, 1.54) is 17.3 Å². The van der Waals surface area contributed by atoms with E-state index in [2.05, 4.69) is 34.8 Å². The molecule has 0 radical (unpaired) electrons. The van der Waals surface area contributed by atoms with Gasteiger partial charge in [0.15, 0.2) is 5.16 Å². The Hall–Kier alpha value is -2.27. The molecular weight excluding hydrogens is 330 g/mol. The van der Waals surface area contributed by atoms with E-state index in [0.717, 1.165) is 34.8 Å². The second-order valence-corrected chi connectivity index (χ2v) is 7.24. The van der Waals surface area contributed by atoms with Gasteiger partial charge in [0.25, 0.3) is 0 Å². The van der Waals surface area contributed by atoms with Crippen LogP contribution in [0.4, 0.5) is 5.69 Å². The van der Waals surface area contributed by atoms with Crippen molar-refractivity contribution in [2.45, 2.75) is 44.1 Å². The third kappa shape index (κ3) is 3.87. The van der Waals surface area contributed by atoms with Crippen molar-refractivity contribution in [2.75, 3.05) is 5.32 Å². The van der Waals surface area contributed by atoms with Gasteiger partial charge in [-0.3, -0.25) is 4.79 Å². The Kier molecular flexibility index (Phi) is 5.43. The number of thioether (sulfide) groups is 1. The standard InChI is InChI=1S/C20H23N3OS/c1-4-15-10-12-16(13-11-15)21-19(24)14(3)25-20-22-17-8-6-7-9-18(17)23(20)5-2/h6-14H,4-5H2,1-3H3,(H,21,24)/t14-/m1/s1. The van der Waals surface area contributed by atoms with Crippen LogP contribution in [0, 0.1) is 0 Å². The molecule has 2 aromatic carbocycles. The summed E-state index contributed by atoms with van der Waals surface area (Å²) in [6.45, 7) is 6.96. The van der Waals surface area contributed by atoms with Crippen LogP contribution in [0.1, 0.15) is 26.3 Å². The molecule has 0 aliphatic heterocycles. The van der Waals surface area contributed by atoms with Crippen molar-refractivity contribution in [1.82, 2.24) is 9.55 Å². The molecule has 1 atom stereocenters. The molecule has 0 fully saturated rings. The van der Waals surface area contributed by atoms with Gasteiger partial charge in [-0.2, -0.15) is 0 Å². The number of rotatable bonds is 6. The lowest BCUT2D eigenvalue weighted by Gasteiger charge is -2.13. The molecule has 0 bridgehead atoms. The molecule has 0 aliphatic rings. The zero-order chi connectivity index (χ0) is 17.8. The number of carbonyl (C=O) groups is 1. The molecule has 1 aromatic heterocycles. The summed E-state index contributed by atoms with van der Waals surface area (Å²) in [5, 5.41) is 3.64. The van der Waals surface area contributed by atoms with Crippen molar-refractivity contribution in [2.24, 2.45) is 0 Å². The van der Waals surface area contributed by atoms with Gasteiger partial charge in [-0.05, 0) is 50.1 Å². The maximum absolute atomic E-state index is 12.5. The minimum Gasteiger partial charge on any atom is -0.325 e. The van der Waals surface area contributed by atoms with E-state index in [0.29, 0.717) is 0 Å². The number of hydrogen-bond acceptors (Lipinski definition) is 3. The highest BCUT2D eigenvalue weighted by Gasteiger charge is 2.19. The Morgan fingerprint density at radius 3 is 2.56 bits per heavy atom. The van der Waals surface area contributed by atoms with Gasteiger partial charge in [-0.15, -0.1) is 0 Å². The van der Waals surface area contributed by atoms with Crippen molar-refractivity contribution in [3.05, 3.63) is 54.1 Å². The summed E-state index contributed by atoms with van der Waals surface area (Å²) in [5.74, 6) is -0.0102. The number of aryl methyl sites for hydroxylation is 2. The smallest absolute Gasteiger partial charge is 0.237 e. The minimum absolute atomic E-state index is 0.0102. The van der Waals surface area contributed by atoms with Gasteiger partial charge in [0.1, 0.15) is 0 Å². The first kappa shape index (κ1) is 17.5. The molecule has 3 aromatic rings. The normalized spacial score (nSPS) is 12.3. The van der Waals surface area contributed by atoms with Gasteiger partial charge in [-0.25, -0.2) is 4.98 Å². The number of hydrogen-bond donors (Lipinski definition) is 1. The first-order valence-corrected chi connectivity index (χ1v) is 9.52. The van der Waals surface area contributed by atoms with E-state index >= 15 is 0 Å². The molecule has 25 heavy (non-hydrogen) atoms. The molecule has 130 valence electrons. The molecule has 0 saturated heterocycles. The van der Waals surface area contributed by atoms with Crippen LogP contribution >= 0.6 is 11.8 Å². The van der Waals surface area contributed by atoms with Crippen LogP contribution in [-0.2, 0) is 17.8 Å². The molecule has 3 rings (SSSR count). The zero-order valence-electron chi connectivity index (χ0n) is 14.8. The summed E-state index contributed by atoms with van der Waals surface area (Å²) < 4.78 is 2.15. The summed E-state index contributed by atoms with van der Waals surface area (Å²) in [5.41, 5.74) is 4.17. The van der Waals surface area contributed by atoms with Gasteiger partial charge in [0.05, 0.1) is 16.3 Å². The number of nitrogens with one attached hydrogen (secondary N) is 1. The Bertz CT molecular complexity index is 870. The Labute approximate surface area is 152 Å². The monoisotopic (exact) mass is 353 g/mol. The summed E-state index contributed by atoms with van der Waals surface area (Å²) >= 11 is 1.50. The van der Waals surface area contributed by atoms with Crippen molar-refractivity contribution in [3.8, 4) is 0 Å². The molecule has 5 heteroatoms. The number of para-hydroxylation sites is 2. The Balaban J connectivity index is 1.72. The van der Waals surface area contributed by atoms with Crippen molar-refractivity contribution in [1.29, 1.82) is 0 Å². The van der Waals surface area contributed by atoms with Crippen LogP contribution < -0.4 is 5.32 Å². The van der Waals surface area contributed by atoms with Gasteiger partial charge >= 0.3 is 0 Å². The molecule has 0 unspecified atom stereocenters. The third-order valence-corrected chi connectivity index (χ3v) is 5.31. The maximum Gasteiger partial charge on any atom is 0.237 e. The fourth-order valence-electron chi connectivity index (χ4n) is 2.73. The van der Waals surface area contributed by atoms with Gasteiger partial charge < -0.3 is 9.88 Å². The minimum atomic E-state index is -0.229. The zero-order valence-corrected chi connectivity index (χ0v) is 15.6. The summed E-state index contributed by atoms with van der Waals surface area (Å²) in [4.78, 5) is 17.2. The molecule has 1 amide bonds. The summed E-state index contributed by atoms with van der Waals surface area (Å²) in [6, 6.07) is 16.1. The van der Waals surface area contributed by atoms with Crippen LogP contribution in [0.5, 0.6) is 0 Å². The number of benzene rings is 2. The second-order valence-electron chi connectivity index (χ2n) is 5.93. The van der Waals surface area contributed by atoms with Gasteiger partial charge in [0.2, 0.25) is 5.91 Å². The number of carbonyl (C=O) groups excluding carboxylic acids is 1. The van der Waals surface area contributed by atoms with Crippen LogP contribution in [-0.4, -0.2) is 20.7 Å². The van der Waals surface area contributed by atoms with Crippen LogP contribution in [0.2, 0.25) is 0 Å². The molecule has 4 nitrogen and oxygen atoms in total. The molecule has 0 aliphatic carbocycles. The lowest BCUT2D eigenvalue weighted by atomic mass is 10.1. The number of fused-ring (bicyclic) bond motifs is 1. The average molecular weight is 353 g/mol. The summed E-state index contributed by atoms with van der Waals surface area (Å²) in [6.07, 6.45) is 0.994.